The first-order chi connectivity index (χ1) is 15.7. The highest BCUT2D eigenvalue weighted by Crippen LogP contribution is 2.40. The number of carbonyl (C=O) groups is 2. The van der Waals surface area contributed by atoms with Crippen molar-refractivity contribution < 1.29 is 22.8 Å². The molecule has 178 valence electrons. The number of amides is 1. The van der Waals surface area contributed by atoms with E-state index in [0.29, 0.717) is 30.9 Å². The average molecular weight is 480 g/mol. The molecule has 1 heterocycles. The van der Waals surface area contributed by atoms with E-state index in [4.69, 9.17) is 5.26 Å². The number of Topliss-reactive ketones (excluding diaryl/α,β-unsaturated/α-hetero) is 1. The number of rotatable bonds is 10. The van der Waals surface area contributed by atoms with Crippen LogP contribution in [0.2, 0.25) is 0 Å². The van der Waals surface area contributed by atoms with Crippen molar-refractivity contribution in [2.45, 2.75) is 76.8 Å². The first-order valence-corrected chi connectivity index (χ1v) is 12.5. The Morgan fingerprint density at radius 1 is 1.15 bits per heavy atom. The predicted octanol–water partition coefficient (Wildman–Crippen LogP) is 5.17. The van der Waals surface area contributed by atoms with Crippen molar-refractivity contribution in [2.75, 3.05) is 6.54 Å². The molecule has 5 nitrogen and oxygen atoms in total. The second-order valence-corrected chi connectivity index (χ2v) is 10.8. The summed E-state index contributed by atoms with van der Waals surface area (Å²) in [5.41, 5.74) is 1.82. The number of nitrogens with zero attached hydrogens (tertiary/aromatic N) is 2. The first kappa shape index (κ1) is 23.9. The van der Waals surface area contributed by atoms with Gasteiger partial charge in [0.2, 0.25) is 6.19 Å². The van der Waals surface area contributed by atoms with Crippen LogP contribution >= 0.6 is 11.3 Å². The summed E-state index contributed by atoms with van der Waals surface area (Å²) < 4.78 is 38.0. The first-order valence-electron chi connectivity index (χ1n) is 11.7. The zero-order chi connectivity index (χ0) is 23.6. The van der Waals surface area contributed by atoms with Crippen molar-refractivity contribution in [1.82, 2.24) is 5.32 Å². The Morgan fingerprint density at radius 3 is 2.55 bits per heavy atom. The lowest BCUT2D eigenvalue weighted by Crippen LogP contribution is -2.28. The summed E-state index contributed by atoms with van der Waals surface area (Å²) in [6.07, 6.45) is 2.82. The summed E-state index contributed by atoms with van der Waals surface area (Å²) in [6.45, 7) is 0.638. The lowest BCUT2D eigenvalue weighted by molar-refractivity contribution is -0.132. The third kappa shape index (κ3) is 6.66. The Labute approximate surface area is 195 Å². The highest BCUT2D eigenvalue weighted by Gasteiger charge is 2.35. The number of carbonyl (C=O) groups excluding carboxylic acids is 2. The largest absolute Gasteiger partial charge is 0.389 e. The third-order valence-electron chi connectivity index (χ3n) is 6.71. The molecule has 0 spiro atoms. The molecule has 1 unspecified atom stereocenters. The number of aliphatic imine (C=N–C) groups is 1. The highest BCUT2D eigenvalue weighted by molar-refractivity contribution is 7.12. The Balaban J connectivity index is 1.50. The van der Waals surface area contributed by atoms with Crippen molar-refractivity contribution >= 4 is 28.7 Å². The fourth-order valence-corrected chi connectivity index (χ4v) is 5.88. The van der Waals surface area contributed by atoms with Crippen LogP contribution in [0, 0.1) is 29.2 Å². The molecule has 33 heavy (non-hydrogen) atoms. The zero-order valence-corrected chi connectivity index (χ0v) is 19.3. The molecule has 1 aromatic heterocycles. The van der Waals surface area contributed by atoms with Gasteiger partial charge in [-0.1, -0.05) is 0 Å². The maximum Gasteiger partial charge on any atom is 0.389 e. The van der Waals surface area contributed by atoms with Crippen molar-refractivity contribution in [3.63, 3.8) is 0 Å². The molecular weight excluding hydrogens is 451 g/mol. The maximum atomic E-state index is 13.1. The number of halogens is 3. The van der Waals surface area contributed by atoms with Gasteiger partial charge in [0.1, 0.15) is 5.78 Å². The molecule has 0 bridgehead atoms. The van der Waals surface area contributed by atoms with E-state index in [0.717, 1.165) is 53.8 Å². The van der Waals surface area contributed by atoms with Gasteiger partial charge < -0.3 is 5.32 Å². The summed E-state index contributed by atoms with van der Waals surface area (Å²) in [5, 5.41) is 11.9. The number of fused-ring (bicyclic) bond motifs is 1. The Morgan fingerprint density at radius 2 is 1.91 bits per heavy atom. The van der Waals surface area contributed by atoms with Gasteiger partial charge in [-0.15, -0.1) is 11.3 Å². The topological polar surface area (TPSA) is 82.3 Å². The lowest BCUT2D eigenvalue weighted by atomic mass is 9.82. The van der Waals surface area contributed by atoms with Gasteiger partial charge in [0.25, 0.3) is 5.91 Å². The van der Waals surface area contributed by atoms with Gasteiger partial charge in [-0.05, 0) is 75.2 Å². The SMILES string of the molecule is N#CN=C(CCC(F)(F)F)CC1CCc2sc(CC(=O)C3CC3)c(C(=O)NCC3CC3)c2C1. The van der Waals surface area contributed by atoms with Crippen LogP contribution in [0.4, 0.5) is 13.2 Å². The molecule has 0 radical (unpaired) electrons. The van der Waals surface area contributed by atoms with Crippen molar-refractivity contribution in [3.8, 4) is 6.19 Å². The van der Waals surface area contributed by atoms with Gasteiger partial charge in [0, 0.05) is 40.8 Å². The minimum absolute atomic E-state index is 0.0226. The molecule has 0 aromatic carbocycles. The van der Waals surface area contributed by atoms with Gasteiger partial charge in [0.05, 0.1) is 5.56 Å². The summed E-state index contributed by atoms with van der Waals surface area (Å²) >= 11 is 1.55. The molecule has 9 heteroatoms. The average Bonchev–Trinajstić information content (AvgIpc) is 3.66. The number of aryl methyl sites for hydroxylation is 1. The summed E-state index contributed by atoms with van der Waals surface area (Å²) in [7, 11) is 0. The predicted molar refractivity (Wildman–Crippen MR) is 119 cm³/mol. The summed E-state index contributed by atoms with van der Waals surface area (Å²) in [4.78, 5) is 31.2. The van der Waals surface area contributed by atoms with Crippen molar-refractivity contribution in [1.29, 1.82) is 5.26 Å². The zero-order valence-electron chi connectivity index (χ0n) is 18.5. The normalized spacial score (nSPS) is 20.8. The van der Waals surface area contributed by atoms with E-state index in [1.165, 1.54) is 0 Å². The second kappa shape index (κ2) is 9.96. The molecule has 1 N–H and O–H groups in total. The monoisotopic (exact) mass is 479 g/mol. The number of thiophene rings is 1. The number of alkyl halides is 3. The maximum absolute atomic E-state index is 13.1. The van der Waals surface area contributed by atoms with Gasteiger partial charge in [-0.2, -0.15) is 23.4 Å². The van der Waals surface area contributed by atoms with Crippen molar-refractivity contribution in [2.24, 2.45) is 22.7 Å². The molecule has 3 aliphatic rings. The van der Waals surface area contributed by atoms with Crippen LogP contribution in [0.15, 0.2) is 4.99 Å². The molecule has 4 rings (SSSR count). The molecule has 0 saturated heterocycles. The van der Waals surface area contributed by atoms with E-state index < -0.39 is 12.6 Å². The number of nitriles is 1. The number of hydrogen-bond donors (Lipinski definition) is 1. The van der Waals surface area contributed by atoms with Crippen LogP contribution in [0.3, 0.4) is 0 Å². The fraction of sp³-hybridized carbons (Fsp3) is 0.667. The Hall–Kier alpha value is -2.21. The van der Waals surface area contributed by atoms with Gasteiger partial charge in [0.15, 0.2) is 0 Å². The molecule has 1 aromatic rings. The van der Waals surface area contributed by atoms with E-state index >= 15 is 0 Å². The van der Waals surface area contributed by atoms with Gasteiger partial charge >= 0.3 is 6.18 Å². The van der Waals surface area contributed by atoms with Crippen LogP contribution in [0.5, 0.6) is 0 Å². The van der Waals surface area contributed by atoms with Gasteiger partial charge in [-0.3, -0.25) is 9.59 Å². The Bertz CT molecular complexity index is 984. The summed E-state index contributed by atoms with van der Waals surface area (Å²) in [5.74, 6) is 0.733. The molecule has 1 atom stereocenters. The second-order valence-electron chi connectivity index (χ2n) is 9.58. The highest BCUT2D eigenvalue weighted by atomic mass is 32.1. The minimum Gasteiger partial charge on any atom is -0.352 e. The molecule has 0 aliphatic heterocycles. The number of ketones is 1. The molecule has 2 fully saturated rings. The molecule has 2 saturated carbocycles. The number of hydrogen-bond acceptors (Lipinski definition) is 5. The van der Waals surface area contributed by atoms with E-state index in [1.54, 1.807) is 17.5 Å². The van der Waals surface area contributed by atoms with Crippen LogP contribution in [0.25, 0.3) is 0 Å². The number of nitrogens with one attached hydrogen (secondary N) is 1. The molecule has 1 amide bonds. The van der Waals surface area contributed by atoms with E-state index in [1.807, 2.05) is 0 Å². The fourth-order valence-electron chi connectivity index (χ4n) is 4.52. The van der Waals surface area contributed by atoms with E-state index in [9.17, 15) is 22.8 Å². The third-order valence-corrected chi connectivity index (χ3v) is 8.00. The Kier molecular flexibility index (Phi) is 7.22. The van der Waals surface area contributed by atoms with Gasteiger partial charge in [-0.25, -0.2) is 0 Å². The summed E-state index contributed by atoms with van der Waals surface area (Å²) in [6, 6.07) is 0. The van der Waals surface area contributed by atoms with Crippen LogP contribution in [-0.2, 0) is 24.1 Å². The smallest absolute Gasteiger partial charge is 0.352 e. The lowest BCUT2D eigenvalue weighted by Gasteiger charge is -2.23. The molecular formula is C24H28F3N3O2S. The standard InChI is InChI=1S/C24H28F3N3O2S/c25-24(26,27)8-7-17(30-13-28)9-15-3-6-20-18(10-15)22(23(32)29-12-14-1-2-14)21(33-20)11-19(31)16-4-5-16/h14-16H,1-12H2,(H,29,32). The quantitative estimate of drug-likeness (QED) is 0.371. The minimum atomic E-state index is -4.29. The van der Waals surface area contributed by atoms with E-state index in [2.05, 4.69) is 10.3 Å². The molecule has 3 aliphatic carbocycles. The van der Waals surface area contributed by atoms with E-state index in [-0.39, 0.29) is 42.1 Å². The van der Waals surface area contributed by atoms with Crippen LogP contribution < -0.4 is 5.32 Å². The van der Waals surface area contributed by atoms with Crippen LogP contribution in [0.1, 0.15) is 77.0 Å². The van der Waals surface area contributed by atoms with Crippen molar-refractivity contribution in [3.05, 3.63) is 20.9 Å². The van der Waals surface area contributed by atoms with Crippen LogP contribution in [-0.4, -0.2) is 30.1 Å².